The third kappa shape index (κ3) is 2.65. The van der Waals surface area contributed by atoms with Gasteiger partial charge in [0.05, 0.1) is 12.7 Å². The van der Waals surface area contributed by atoms with Crippen LogP contribution in [-0.4, -0.2) is 12.1 Å². The summed E-state index contributed by atoms with van der Waals surface area (Å²) in [5.41, 5.74) is 7.69. The van der Waals surface area contributed by atoms with Gasteiger partial charge in [-0.1, -0.05) is 30.3 Å². The van der Waals surface area contributed by atoms with Crippen molar-refractivity contribution in [3.8, 4) is 0 Å². The van der Waals surface area contributed by atoms with Gasteiger partial charge < -0.3 is 10.5 Å². The normalized spacial score (nSPS) is 34.6. The van der Waals surface area contributed by atoms with Crippen LogP contribution < -0.4 is 5.73 Å². The molecule has 2 fully saturated rings. The second-order valence-corrected chi connectivity index (χ2v) is 5.50. The molecule has 3 heteroatoms. The molecule has 0 aliphatic heterocycles. The van der Waals surface area contributed by atoms with Crippen molar-refractivity contribution in [2.45, 2.75) is 44.4 Å². The molecule has 2 nitrogen and oxygen atoms in total. The molecule has 0 heterocycles. The van der Waals surface area contributed by atoms with E-state index in [1.54, 1.807) is 0 Å². The Labute approximate surface area is 109 Å². The molecule has 0 bridgehead atoms. The largest absolute Gasteiger partial charge is 0.374 e. The standard InChI is InChI=1S/C14H19NO.ClH/c15-12-6-14(7-12)8-13(9-14)16-10-11-4-2-1-3-5-11;/h1-5,12-13H,6-10,15H2;1H. The lowest BCUT2D eigenvalue weighted by Gasteiger charge is -2.56. The maximum Gasteiger partial charge on any atom is 0.0720 e. The number of nitrogens with two attached hydrogens (primary N) is 1. The van der Waals surface area contributed by atoms with Crippen LogP contribution in [0.5, 0.6) is 0 Å². The minimum absolute atomic E-state index is 0. The summed E-state index contributed by atoms with van der Waals surface area (Å²) in [7, 11) is 0. The first-order valence-electron chi connectivity index (χ1n) is 6.17. The van der Waals surface area contributed by atoms with Crippen LogP contribution in [0.15, 0.2) is 30.3 Å². The van der Waals surface area contributed by atoms with E-state index in [1.807, 2.05) is 6.07 Å². The molecule has 2 aliphatic rings. The van der Waals surface area contributed by atoms with E-state index in [0.29, 0.717) is 17.6 Å². The van der Waals surface area contributed by atoms with Crippen LogP contribution in [0.2, 0.25) is 0 Å². The highest BCUT2D eigenvalue weighted by atomic mass is 35.5. The molecule has 0 aromatic heterocycles. The van der Waals surface area contributed by atoms with Crippen molar-refractivity contribution >= 4 is 12.4 Å². The molecule has 2 N–H and O–H groups in total. The molecule has 0 saturated heterocycles. The molecular formula is C14H20ClNO. The van der Waals surface area contributed by atoms with Crippen molar-refractivity contribution in [3.05, 3.63) is 35.9 Å². The summed E-state index contributed by atoms with van der Waals surface area (Å²) in [6, 6.07) is 10.9. The lowest BCUT2D eigenvalue weighted by atomic mass is 9.53. The van der Waals surface area contributed by atoms with Gasteiger partial charge >= 0.3 is 0 Å². The summed E-state index contributed by atoms with van der Waals surface area (Å²) in [6.45, 7) is 0.758. The fourth-order valence-electron chi connectivity index (χ4n) is 3.20. The number of hydrogen-bond acceptors (Lipinski definition) is 2. The molecule has 0 unspecified atom stereocenters. The summed E-state index contributed by atoms with van der Waals surface area (Å²) in [6.07, 6.45) is 5.38. The van der Waals surface area contributed by atoms with E-state index in [9.17, 15) is 0 Å². The second kappa shape index (κ2) is 4.97. The van der Waals surface area contributed by atoms with Gasteiger partial charge in [0.15, 0.2) is 0 Å². The van der Waals surface area contributed by atoms with Crippen LogP contribution in [-0.2, 0) is 11.3 Å². The lowest BCUT2D eigenvalue weighted by Crippen LogP contribution is -2.55. The van der Waals surface area contributed by atoms with Gasteiger partial charge in [-0.15, -0.1) is 12.4 Å². The van der Waals surface area contributed by atoms with Crippen molar-refractivity contribution < 1.29 is 4.74 Å². The summed E-state index contributed by atoms with van der Waals surface area (Å²) in [5, 5.41) is 0. The molecule has 0 amide bonds. The quantitative estimate of drug-likeness (QED) is 0.899. The van der Waals surface area contributed by atoms with E-state index in [4.69, 9.17) is 10.5 Å². The molecule has 1 aromatic carbocycles. The average Bonchev–Trinajstić information content (AvgIpc) is 2.21. The van der Waals surface area contributed by atoms with Crippen LogP contribution in [0, 0.1) is 5.41 Å². The van der Waals surface area contributed by atoms with E-state index in [0.717, 1.165) is 6.61 Å². The van der Waals surface area contributed by atoms with Gasteiger partial charge in [0.1, 0.15) is 0 Å². The topological polar surface area (TPSA) is 35.2 Å². The Bertz CT molecular complexity index is 354. The van der Waals surface area contributed by atoms with Crippen LogP contribution in [0.1, 0.15) is 31.2 Å². The fraction of sp³-hybridized carbons (Fsp3) is 0.571. The first-order valence-corrected chi connectivity index (χ1v) is 6.17. The van der Waals surface area contributed by atoms with E-state index < -0.39 is 0 Å². The molecule has 94 valence electrons. The second-order valence-electron chi connectivity index (χ2n) is 5.50. The van der Waals surface area contributed by atoms with Crippen molar-refractivity contribution in [2.24, 2.45) is 11.1 Å². The van der Waals surface area contributed by atoms with Crippen LogP contribution in [0.4, 0.5) is 0 Å². The van der Waals surface area contributed by atoms with Gasteiger partial charge in [0, 0.05) is 6.04 Å². The zero-order chi connectivity index (χ0) is 11.0. The zero-order valence-corrected chi connectivity index (χ0v) is 10.8. The monoisotopic (exact) mass is 253 g/mol. The van der Waals surface area contributed by atoms with E-state index in [-0.39, 0.29) is 12.4 Å². The third-order valence-corrected chi connectivity index (χ3v) is 4.04. The number of halogens is 1. The molecule has 0 atom stereocenters. The number of hydrogen-bond donors (Lipinski definition) is 1. The Kier molecular flexibility index (Phi) is 3.76. The molecule has 2 saturated carbocycles. The van der Waals surface area contributed by atoms with Gasteiger partial charge in [0.2, 0.25) is 0 Å². The Balaban J connectivity index is 0.00000108. The molecule has 1 aromatic rings. The van der Waals surface area contributed by atoms with Gasteiger partial charge in [-0.2, -0.15) is 0 Å². The van der Waals surface area contributed by atoms with Crippen LogP contribution in [0.25, 0.3) is 0 Å². The molecule has 2 aliphatic carbocycles. The van der Waals surface area contributed by atoms with Crippen molar-refractivity contribution in [2.75, 3.05) is 0 Å². The van der Waals surface area contributed by atoms with Crippen LogP contribution >= 0.6 is 12.4 Å². The first kappa shape index (κ1) is 12.9. The fourth-order valence-corrected chi connectivity index (χ4v) is 3.20. The predicted octanol–water partition coefficient (Wildman–Crippen LogP) is 2.89. The number of ether oxygens (including phenoxy) is 1. The summed E-state index contributed by atoms with van der Waals surface area (Å²) in [4.78, 5) is 0. The average molecular weight is 254 g/mol. The van der Waals surface area contributed by atoms with Crippen molar-refractivity contribution in [3.63, 3.8) is 0 Å². The van der Waals surface area contributed by atoms with Crippen molar-refractivity contribution in [1.29, 1.82) is 0 Å². The molecule has 1 spiro atoms. The predicted molar refractivity (Wildman–Crippen MR) is 71.1 cm³/mol. The minimum atomic E-state index is 0. The smallest absolute Gasteiger partial charge is 0.0720 e. The van der Waals surface area contributed by atoms with Gasteiger partial charge in [0.25, 0.3) is 0 Å². The van der Waals surface area contributed by atoms with Crippen LogP contribution in [0.3, 0.4) is 0 Å². The SMILES string of the molecule is Cl.NC1CC2(C1)CC(OCc1ccccc1)C2. The highest BCUT2D eigenvalue weighted by Crippen LogP contribution is 2.56. The highest BCUT2D eigenvalue weighted by molar-refractivity contribution is 5.85. The third-order valence-electron chi connectivity index (χ3n) is 4.04. The van der Waals surface area contributed by atoms with Gasteiger partial charge in [-0.3, -0.25) is 0 Å². The molecular weight excluding hydrogens is 234 g/mol. The minimum Gasteiger partial charge on any atom is -0.374 e. The van der Waals surface area contributed by atoms with Gasteiger partial charge in [-0.05, 0) is 36.7 Å². The summed E-state index contributed by atoms with van der Waals surface area (Å²) < 4.78 is 5.89. The Hall–Kier alpha value is -0.570. The number of benzene rings is 1. The van der Waals surface area contributed by atoms with E-state index >= 15 is 0 Å². The van der Waals surface area contributed by atoms with Crippen molar-refractivity contribution in [1.82, 2.24) is 0 Å². The Morgan fingerprint density at radius 1 is 1.12 bits per heavy atom. The first-order chi connectivity index (χ1) is 7.76. The Morgan fingerprint density at radius 3 is 2.35 bits per heavy atom. The van der Waals surface area contributed by atoms with E-state index in [1.165, 1.54) is 31.2 Å². The lowest BCUT2D eigenvalue weighted by molar-refractivity contribution is -0.129. The summed E-state index contributed by atoms with van der Waals surface area (Å²) >= 11 is 0. The molecule has 0 radical (unpaired) electrons. The maximum atomic E-state index is 5.89. The maximum absolute atomic E-state index is 5.89. The number of rotatable bonds is 3. The highest BCUT2D eigenvalue weighted by Gasteiger charge is 2.52. The van der Waals surface area contributed by atoms with E-state index in [2.05, 4.69) is 24.3 Å². The zero-order valence-electron chi connectivity index (χ0n) is 9.97. The summed E-state index contributed by atoms with van der Waals surface area (Å²) in [5.74, 6) is 0. The van der Waals surface area contributed by atoms with Gasteiger partial charge in [-0.25, -0.2) is 0 Å². The molecule has 17 heavy (non-hydrogen) atoms. The molecule has 3 rings (SSSR count). The Morgan fingerprint density at radius 2 is 1.76 bits per heavy atom.